The molecule has 2 heteroatoms. The van der Waals surface area contributed by atoms with Gasteiger partial charge in [0.05, 0.1) is 0 Å². The molecule has 0 aliphatic heterocycles. The highest BCUT2D eigenvalue weighted by atomic mass is 16.6. The van der Waals surface area contributed by atoms with E-state index in [9.17, 15) is 4.79 Å². The van der Waals surface area contributed by atoms with Crippen molar-refractivity contribution in [3.63, 3.8) is 0 Å². The summed E-state index contributed by atoms with van der Waals surface area (Å²) in [4.78, 5) is 11.0. The molecule has 2 nitrogen and oxygen atoms in total. The second-order valence-corrected chi connectivity index (χ2v) is 4.57. The van der Waals surface area contributed by atoms with Crippen LogP contribution in [0.1, 0.15) is 40.0 Å². The van der Waals surface area contributed by atoms with Gasteiger partial charge in [-0.3, -0.25) is 4.79 Å². The SMILES string of the molecule is C#CC(C)(OC(C)=O)[C@@H]1C[C@H]1/C=C/CCC. The number of carbonyl (C=O) groups is 1. The van der Waals surface area contributed by atoms with Gasteiger partial charge in [0.1, 0.15) is 0 Å². The molecule has 0 spiro atoms. The third kappa shape index (κ3) is 3.13. The number of hydrogen-bond donors (Lipinski definition) is 0. The van der Waals surface area contributed by atoms with Gasteiger partial charge in [-0.1, -0.05) is 31.4 Å². The molecule has 0 bridgehead atoms. The Kier molecular flexibility index (Phi) is 4.18. The summed E-state index contributed by atoms with van der Waals surface area (Å²) in [6, 6.07) is 0. The van der Waals surface area contributed by atoms with E-state index in [0.29, 0.717) is 5.92 Å². The smallest absolute Gasteiger partial charge is 0.304 e. The summed E-state index contributed by atoms with van der Waals surface area (Å²) in [5.41, 5.74) is -0.729. The van der Waals surface area contributed by atoms with Crippen molar-refractivity contribution < 1.29 is 9.53 Å². The summed E-state index contributed by atoms with van der Waals surface area (Å²) in [5.74, 6) is 3.08. The summed E-state index contributed by atoms with van der Waals surface area (Å²) >= 11 is 0. The Morgan fingerprint density at radius 1 is 1.69 bits per heavy atom. The molecule has 0 aromatic heterocycles. The molecule has 0 aromatic carbocycles. The van der Waals surface area contributed by atoms with Gasteiger partial charge >= 0.3 is 5.97 Å². The van der Waals surface area contributed by atoms with E-state index in [1.807, 2.05) is 6.92 Å². The molecule has 0 radical (unpaired) electrons. The summed E-state index contributed by atoms with van der Waals surface area (Å²) in [6.45, 7) is 5.38. The van der Waals surface area contributed by atoms with Gasteiger partial charge in [0.2, 0.25) is 0 Å². The number of carbonyl (C=O) groups excluding carboxylic acids is 1. The zero-order valence-electron chi connectivity index (χ0n) is 10.3. The molecule has 1 saturated carbocycles. The van der Waals surface area contributed by atoms with Crippen molar-refractivity contribution in [3.8, 4) is 12.3 Å². The summed E-state index contributed by atoms with van der Waals surface area (Å²) < 4.78 is 5.24. The van der Waals surface area contributed by atoms with Crippen molar-refractivity contribution in [1.82, 2.24) is 0 Å². The fourth-order valence-corrected chi connectivity index (χ4v) is 2.01. The molecule has 1 unspecified atom stereocenters. The normalized spacial score (nSPS) is 27.1. The van der Waals surface area contributed by atoms with Crippen LogP contribution < -0.4 is 0 Å². The standard InChI is InChI=1S/C14H20O2/c1-5-7-8-9-12-10-13(12)14(4,6-2)16-11(3)15/h2,8-9,12-13H,5,7,10H2,1,3-4H3/b9-8+/t12-,13-,14?/m1/s1. The summed E-state index contributed by atoms with van der Waals surface area (Å²) in [7, 11) is 0. The molecular formula is C14H20O2. The van der Waals surface area contributed by atoms with E-state index in [2.05, 4.69) is 25.0 Å². The van der Waals surface area contributed by atoms with Gasteiger partial charge < -0.3 is 4.74 Å². The highest BCUT2D eigenvalue weighted by Gasteiger charge is 2.50. The minimum Gasteiger partial charge on any atom is -0.446 e. The van der Waals surface area contributed by atoms with E-state index in [4.69, 9.17) is 11.2 Å². The van der Waals surface area contributed by atoms with E-state index in [1.165, 1.54) is 6.92 Å². The number of esters is 1. The predicted octanol–water partition coefficient (Wildman–Crippen LogP) is 2.93. The first-order valence-corrected chi connectivity index (χ1v) is 5.87. The maximum Gasteiger partial charge on any atom is 0.304 e. The fourth-order valence-electron chi connectivity index (χ4n) is 2.01. The Labute approximate surface area is 98.1 Å². The summed E-state index contributed by atoms with van der Waals surface area (Å²) in [5, 5.41) is 0. The maximum atomic E-state index is 11.0. The number of ether oxygens (including phenoxy) is 1. The minimum absolute atomic E-state index is 0.287. The van der Waals surface area contributed by atoms with Crippen LogP contribution in [-0.2, 0) is 9.53 Å². The van der Waals surface area contributed by atoms with Gasteiger partial charge in [-0.2, -0.15) is 0 Å². The predicted molar refractivity (Wildman–Crippen MR) is 64.6 cm³/mol. The van der Waals surface area contributed by atoms with E-state index < -0.39 is 5.60 Å². The van der Waals surface area contributed by atoms with Crippen LogP contribution in [0, 0.1) is 24.2 Å². The lowest BCUT2D eigenvalue weighted by Crippen LogP contribution is -2.32. The Morgan fingerprint density at radius 2 is 2.38 bits per heavy atom. The van der Waals surface area contributed by atoms with Crippen LogP contribution in [0.3, 0.4) is 0 Å². The third-order valence-electron chi connectivity index (χ3n) is 3.03. The Bertz CT molecular complexity index is 324. The molecular weight excluding hydrogens is 200 g/mol. The largest absolute Gasteiger partial charge is 0.446 e. The summed E-state index contributed by atoms with van der Waals surface area (Å²) in [6.07, 6.45) is 13.1. The first-order chi connectivity index (χ1) is 7.53. The van der Waals surface area contributed by atoms with Gasteiger partial charge in [-0.25, -0.2) is 0 Å². The fraction of sp³-hybridized carbons (Fsp3) is 0.643. The molecule has 1 aliphatic carbocycles. The zero-order valence-corrected chi connectivity index (χ0v) is 10.3. The molecule has 0 amide bonds. The van der Waals surface area contributed by atoms with Crippen LogP contribution in [0.2, 0.25) is 0 Å². The molecule has 88 valence electrons. The van der Waals surface area contributed by atoms with Gasteiger partial charge in [-0.05, 0) is 25.7 Å². The molecule has 0 aromatic rings. The molecule has 3 atom stereocenters. The molecule has 1 fully saturated rings. The highest BCUT2D eigenvalue weighted by molar-refractivity contribution is 5.67. The van der Waals surface area contributed by atoms with Crippen molar-refractivity contribution in [2.24, 2.45) is 11.8 Å². The first kappa shape index (κ1) is 12.8. The number of allylic oxidation sites excluding steroid dienone is 2. The monoisotopic (exact) mass is 220 g/mol. The number of unbranched alkanes of at least 4 members (excludes halogenated alkanes) is 1. The lowest BCUT2D eigenvalue weighted by Gasteiger charge is -2.23. The van der Waals surface area contributed by atoms with Crippen molar-refractivity contribution in [2.45, 2.75) is 45.6 Å². The van der Waals surface area contributed by atoms with E-state index in [1.54, 1.807) is 0 Å². The molecule has 0 heterocycles. The topological polar surface area (TPSA) is 26.3 Å². The van der Waals surface area contributed by atoms with Gasteiger partial charge in [0.25, 0.3) is 0 Å². The van der Waals surface area contributed by atoms with Crippen molar-refractivity contribution >= 4 is 5.97 Å². The quantitative estimate of drug-likeness (QED) is 0.404. The van der Waals surface area contributed by atoms with Crippen LogP contribution in [0.15, 0.2) is 12.2 Å². The molecule has 0 saturated heterocycles. The Morgan fingerprint density at radius 3 is 2.88 bits per heavy atom. The van der Waals surface area contributed by atoms with Gasteiger partial charge in [-0.15, -0.1) is 6.42 Å². The molecule has 1 rings (SSSR count). The zero-order chi connectivity index (χ0) is 12.2. The van der Waals surface area contributed by atoms with Gasteiger partial charge in [0.15, 0.2) is 5.60 Å². The van der Waals surface area contributed by atoms with Gasteiger partial charge in [0, 0.05) is 12.8 Å². The highest BCUT2D eigenvalue weighted by Crippen LogP contribution is 2.48. The van der Waals surface area contributed by atoms with Crippen molar-refractivity contribution in [3.05, 3.63) is 12.2 Å². The minimum atomic E-state index is -0.729. The van der Waals surface area contributed by atoms with Crippen molar-refractivity contribution in [1.29, 1.82) is 0 Å². The third-order valence-corrected chi connectivity index (χ3v) is 3.03. The lowest BCUT2D eigenvalue weighted by molar-refractivity contribution is -0.151. The molecule has 1 aliphatic rings. The van der Waals surface area contributed by atoms with Crippen molar-refractivity contribution in [2.75, 3.05) is 0 Å². The Balaban J connectivity index is 2.53. The van der Waals surface area contributed by atoms with E-state index in [-0.39, 0.29) is 11.9 Å². The first-order valence-electron chi connectivity index (χ1n) is 5.87. The average molecular weight is 220 g/mol. The van der Waals surface area contributed by atoms with E-state index >= 15 is 0 Å². The second kappa shape index (κ2) is 5.21. The number of terminal acetylenes is 1. The molecule has 16 heavy (non-hydrogen) atoms. The number of rotatable bonds is 5. The number of hydrogen-bond acceptors (Lipinski definition) is 2. The lowest BCUT2D eigenvalue weighted by atomic mass is 9.99. The Hall–Kier alpha value is -1.23. The van der Waals surface area contributed by atoms with Crippen LogP contribution in [0.5, 0.6) is 0 Å². The molecule has 0 N–H and O–H groups in total. The van der Waals surface area contributed by atoms with Crippen LogP contribution >= 0.6 is 0 Å². The van der Waals surface area contributed by atoms with E-state index in [0.717, 1.165) is 19.3 Å². The maximum absolute atomic E-state index is 11.0. The van der Waals surface area contributed by atoms with Crippen LogP contribution in [0.4, 0.5) is 0 Å². The van der Waals surface area contributed by atoms with Crippen LogP contribution in [0.25, 0.3) is 0 Å². The van der Waals surface area contributed by atoms with Crippen LogP contribution in [-0.4, -0.2) is 11.6 Å². The second-order valence-electron chi connectivity index (χ2n) is 4.57. The average Bonchev–Trinajstić information content (AvgIpc) is 2.97.